The highest BCUT2D eigenvalue weighted by atomic mass is 19.1. The molecule has 2 rings (SSSR count). The Morgan fingerprint density at radius 2 is 1.90 bits per heavy atom. The molecule has 0 atom stereocenters. The van der Waals surface area contributed by atoms with Crippen molar-refractivity contribution >= 4 is 18.3 Å². The van der Waals surface area contributed by atoms with Crippen LogP contribution in [0.1, 0.15) is 18.1 Å². The number of rotatable bonds is 5. The van der Waals surface area contributed by atoms with Crippen LogP contribution in [0.3, 0.4) is 0 Å². The van der Waals surface area contributed by atoms with Crippen LogP contribution < -0.4 is 10.4 Å². The number of hydrogen-bond acceptors (Lipinski definition) is 3. The minimum absolute atomic E-state index is 0.209. The molecule has 21 heavy (non-hydrogen) atoms. The van der Waals surface area contributed by atoms with E-state index in [2.05, 4.69) is 11.0 Å². The molecule has 0 aromatic heterocycles. The lowest BCUT2D eigenvalue weighted by Gasteiger charge is -2.25. The van der Waals surface area contributed by atoms with Crippen LogP contribution in [0.15, 0.2) is 42.5 Å². The fourth-order valence-corrected chi connectivity index (χ4v) is 2.37. The summed E-state index contributed by atoms with van der Waals surface area (Å²) in [6.45, 7) is 5.31. The average Bonchev–Trinajstić information content (AvgIpc) is 2.45. The summed E-state index contributed by atoms with van der Waals surface area (Å²) in [5.41, 5.74) is 3.13. The number of halogens is 1. The van der Waals surface area contributed by atoms with Gasteiger partial charge in [-0.25, -0.2) is 4.39 Å². The maximum atomic E-state index is 13.3. The number of hydrogen-bond donors (Lipinski definition) is 2. The van der Waals surface area contributed by atoms with Crippen LogP contribution in [-0.2, 0) is 6.54 Å². The van der Waals surface area contributed by atoms with Crippen molar-refractivity contribution in [2.24, 2.45) is 0 Å². The predicted octanol–water partition coefficient (Wildman–Crippen LogP) is 1.84. The molecule has 2 aromatic carbocycles. The van der Waals surface area contributed by atoms with Gasteiger partial charge in [0.05, 0.1) is 0 Å². The van der Waals surface area contributed by atoms with E-state index in [1.54, 1.807) is 6.07 Å². The molecule has 0 bridgehead atoms. The number of aryl methyl sites for hydroxylation is 1. The number of anilines is 1. The second-order valence-corrected chi connectivity index (χ2v) is 5.07. The zero-order chi connectivity index (χ0) is 15.4. The molecule has 0 radical (unpaired) electrons. The van der Waals surface area contributed by atoms with Crippen molar-refractivity contribution in [3.63, 3.8) is 0 Å². The Morgan fingerprint density at radius 1 is 1.14 bits per heavy atom. The minimum atomic E-state index is -1.67. The lowest BCUT2D eigenvalue weighted by atomic mass is 9.77. The van der Waals surface area contributed by atoms with Gasteiger partial charge in [-0.15, -0.1) is 0 Å². The minimum Gasteiger partial charge on any atom is -0.423 e. The molecule has 0 unspecified atom stereocenters. The van der Waals surface area contributed by atoms with Crippen LogP contribution >= 0.6 is 0 Å². The second-order valence-electron chi connectivity index (χ2n) is 5.07. The molecular formula is C16H19BFNO2. The number of nitrogens with zero attached hydrogens (tertiary/aromatic N) is 1. The maximum Gasteiger partial charge on any atom is 0.488 e. The molecule has 0 fully saturated rings. The van der Waals surface area contributed by atoms with Gasteiger partial charge >= 0.3 is 7.12 Å². The van der Waals surface area contributed by atoms with E-state index in [-0.39, 0.29) is 5.46 Å². The van der Waals surface area contributed by atoms with E-state index >= 15 is 0 Å². The summed E-state index contributed by atoms with van der Waals surface area (Å²) in [6, 6.07) is 12.2. The van der Waals surface area contributed by atoms with Gasteiger partial charge in [0.25, 0.3) is 0 Å². The first kappa shape index (κ1) is 15.5. The van der Waals surface area contributed by atoms with Crippen molar-refractivity contribution in [2.75, 3.05) is 11.4 Å². The highest BCUT2D eigenvalue weighted by Crippen LogP contribution is 2.18. The molecule has 110 valence electrons. The van der Waals surface area contributed by atoms with Crippen molar-refractivity contribution in [2.45, 2.75) is 20.4 Å². The molecular weight excluding hydrogens is 268 g/mol. The first-order chi connectivity index (χ1) is 10.0. The lowest BCUT2D eigenvalue weighted by Crippen LogP contribution is -2.36. The molecule has 0 aliphatic heterocycles. The maximum absolute atomic E-state index is 13.3. The van der Waals surface area contributed by atoms with Gasteiger partial charge in [0.2, 0.25) is 0 Å². The normalized spacial score (nSPS) is 10.5. The predicted molar refractivity (Wildman–Crippen MR) is 84.1 cm³/mol. The van der Waals surface area contributed by atoms with Gasteiger partial charge in [-0.2, -0.15) is 0 Å². The standard InChI is InChI=1S/C16H19BFNO2/c1-3-19(15-6-4-5-12(2)9-15)11-13-7-8-14(18)10-16(13)17(20)21/h4-10,20-21H,3,11H2,1-2H3. The molecule has 0 amide bonds. The molecule has 2 aromatic rings. The quantitative estimate of drug-likeness (QED) is 0.825. The van der Waals surface area contributed by atoms with E-state index in [4.69, 9.17) is 0 Å². The number of benzene rings is 2. The summed E-state index contributed by atoms with van der Waals surface area (Å²) in [6.07, 6.45) is 0. The van der Waals surface area contributed by atoms with Gasteiger partial charge < -0.3 is 14.9 Å². The summed E-state index contributed by atoms with van der Waals surface area (Å²) in [4.78, 5) is 2.10. The van der Waals surface area contributed by atoms with Crippen LogP contribution in [0.4, 0.5) is 10.1 Å². The summed E-state index contributed by atoms with van der Waals surface area (Å²) in [5, 5.41) is 18.8. The SMILES string of the molecule is CCN(Cc1ccc(F)cc1B(O)O)c1cccc(C)c1. The highest BCUT2D eigenvalue weighted by molar-refractivity contribution is 6.59. The fourth-order valence-electron chi connectivity index (χ4n) is 2.37. The zero-order valence-corrected chi connectivity index (χ0v) is 12.3. The first-order valence-corrected chi connectivity index (χ1v) is 6.97. The van der Waals surface area contributed by atoms with E-state index in [9.17, 15) is 14.4 Å². The average molecular weight is 287 g/mol. The van der Waals surface area contributed by atoms with Crippen molar-refractivity contribution in [1.29, 1.82) is 0 Å². The van der Waals surface area contributed by atoms with E-state index in [1.807, 2.05) is 32.0 Å². The van der Waals surface area contributed by atoms with Crippen LogP contribution in [0, 0.1) is 12.7 Å². The monoisotopic (exact) mass is 287 g/mol. The Labute approximate surface area is 124 Å². The third-order valence-electron chi connectivity index (χ3n) is 3.50. The topological polar surface area (TPSA) is 43.7 Å². The Hall–Kier alpha value is -1.85. The Balaban J connectivity index is 2.31. The van der Waals surface area contributed by atoms with Crippen LogP contribution in [0.5, 0.6) is 0 Å². The molecule has 2 N–H and O–H groups in total. The largest absolute Gasteiger partial charge is 0.488 e. The lowest BCUT2D eigenvalue weighted by molar-refractivity contribution is 0.425. The zero-order valence-electron chi connectivity index (χ0n) is 12.3. The van der Waals surface area contributed by atoms with Gasteiger partial charge in [-0.1, -0.05) is 18.2 Å². The summed E-state index contributed by atoms with van der Waals surface area (Å²) < 4.78 is 13.3. The first-order valence-electron chi connectivity index (χ1n) is 6.97. The van der Waals surface area contributed by atoms with E-state index < -0.39 is 12.9 Å². The highest BCUT2D eigenvalue weighted by Gasteiger charge is 2.18. The molecule has 0 saturated carbocycles. The molecule has 0 aliphatic rings. The van der Waals surface area contributed by atoms with Gasteiger partial charge in [0.1, 0.15) is 5.82 Å². The molecule has 3 nitrogen and oxygen atoms in total. The smallest absolute Gasteiger partial charge is 0.423 e. The Bertz CT molecular complexity index is 619. The summed E-state index contributed by atoms with van der Waals surface area (Å²) in [7, 11) is -1.67. The molecule has 0 aliphatic carbocycles. The van der Waals surface area contributed by atoms with Crippen LogP contribution in [-0.4, -0.2) is 23.7 Å². The van der Waals surface area contributed by atoms with E-state index in [0.717, 1.165) is 17.8 Å². The summed E-state index contributed by atoms with van der Waals surface area (Å²) >= 11 is 0. The van der Waals surface area contributed by atoms with Crippen molar-refractivity contribution in [1.82, 2.24) is 0 Å². The fraction of sp³-hybridized carbons (Fsp3) is 0.250. The van der Waals surface area contributed by atoms with Crippen molar-refractivity contribution in [3.05, 3.63) is 59.4 Å². The van der Waals surface area contributed by atoms with Gasteiger partial charge in [0, 0.05) is 18.8 Å². The molecule has 0 saturated heterocycles. The second kappa shape index (κ2) is 6.74. The van der Waals surface area contributed by atoms with E-state index in [1.165, 1.54) is 12.1 Å². The van der Waals surface area contributed by atoms with Crippen LogP contribution in [0.25, 0.3) is 0 Å². The van der Waals surface area contributed by atoms with Gasteiger partial charge in [0.15, 0.2) is 0 Å². The summed E-state index contributed by atoms with van der Waals surface area (Å²) in [5.74, 6) is -0.472. The van der Waals surface area contributed by atoms with Gasteiger partial charge in [-0.3, -0.25) is 0 Å². The van der Waals surface area contributed by atoms with E-state index in [0.29, 0.717) is 12.1 Å². The Morgan fingerprint density at radius 3 is 2.52 bits per heavy atom. The third-order valence-corrected chi connectivity index (χ3v) is 3.50. The Kier molecular flexibility index (Phi) is 4.99. The molecule has 0 spiro atoms. The van der Waals surface area contributed by atoms with Gasteiger partial charge in [-0.05, 0) is 54.7 Å². The third kappa shape index (κ3) is 3.83. The van der Waals surface area contributed by atoms with Crippen LogP contribution in [0.2, 0.25) is 0 Å². The van der Waals surface area contributed by atoms with Crippen molar-refractivity contribution in [3.8, 4) is 0 Å². The molecule has 0 heterocycles. The van der Waals surface area contributed by atoms with Crippen molar-refractivity contribution < 1.29 is 14.4 Å². The molecule has 5 heteroatoms.